The molecule has 4 rings (SSSR count). The smallest absolute Gasteiger partial charge is 0.227 e. The third kappa shape index (κ3) is 6.74. The first-order valence-corrected chi connectivity index (χ1v) is 12.3. The highest BCUT2D eigenvalue weighted by Crippen LogP contribution is 2.27. The average molecular weight is 480 g/mol. The van der Waals surface area contributed by atoms with Gasteiger partial charge in [-0.2, -0.15) is 0 Å². The van der Waals surface area contributed by atoms with Crippen LogP contribution in [0.25, 0.3) is 0 Å². The number of carbonyl (C=O) groups excluding carboxylic acids is 3. The van der Waals surface area contributed by atoms with Gasteiger partial charge in [-0.05, 0) is 55.5 Å². The van der Waals surface area contributed by atoms with Crippen LogP contribution in [0.1, 0.15) is 43.2 Å². The molecule has 0 bridgehead atoms. The molecule has 1 saturated heterocycles. The van der Waals surface area contributed by atoms with Crippen molar-refractivity contribution in [3.05, 3.63) is 53.6 Å². The standard InChI is InChI=1S/C27H33N3O5/c1-34-24-6-3-2-5-20(24)18-27(33)30-14-12-21(13-15-30)28-25(31)7-4-16-35-22-9-10-23-19(17-22)8-11-26(32)29-23/h2-3,5-6,9-10,17,21H,4,7-8,11-16,18H2,1H3,(H,28,31)(H,29,32). The molecule has 0 spiro atoms. The van der Waals surface area contributed by atoms with E-state index in [0.29, 0.717) is 51.8 Å². The average Bonchev–Trinajstić information content (AvgIpc) is 2.87. The molecule has 0 atom stereocenters. The van der Waals surface area contributed by atoms with Crippen LogP contribution in [-0.2, 0) is 27.2 Å². The number of carbonyl (C=O) groups is 3. The number of methoxy groups -OCH3 is 1. The van der Waals surface area contributed by atoms with Crippen LogP contribution in [0.15, 0.2) is 42.5 Å². The number of rotatable bonds is 9. The minimum atomic E-state index is 0.0144. The molecule has 0 radical (unpaired) electrons. The van der Waals surface area contributed by atoms with Gasteiger partial charge in [0.2, 0.25) is 17.7 Å². The first-order valence-electron chi connectivity index (χ1n) is 12.3. The number of likely N-dealkylation sites (tertiary alicyclic amines) is 1. The zero-order valence-corrected chi connectivity index (χ0v) is 20.2. The van der Waals surface area contributed by atoms with Crippen molar-refractivity contribution in [1.29, 1.82) is 0 Å². The van der Waals surface area contributed by atoms with E-state index < -0.39 is 0 Å². The largest absolute Gasteiger partial charge is 0.496 e. The third-order valence-electron chi connectivity index (χ3n) is 6.54. The van der Waals surface area contributed by atoms with Gasteiger partial charge in [0, 0.05) is 43.2 Å². The number of anilines is 1. The molecule has 0 aliphatic carbocycles. The van der Waals surface area contributed by atoms with Crippen molar-refractivity contribution in [2.45, 2.75) is 51.0 Å². The van der Waals surface area contributed by atoms with Crippen LogP contribution in [0, 0.1) is 0 Å². The maximum atomic E-state index is 12.7. The van der Waals surface area contributed by atoms with Gasteiger partial charge in [-0.25, -0.2) is 0 Å². The highest BCUT2D eigenvalue weighted by atomic mass is 16.5. The summed E-state index contributed by atoms with van der Waals surface area (Å²) in [6, 6.07) is 13.3. The molecule has 2 N–H and O–H groups in total. The second kappa shape index (κ2) is 11.7. The lowest BCUT2D eigenvalue weighted by molar-refractivity contribution is -0.131. The molecule has 186 valence electrons. The molecule has 3 amide bonds. The highest BCUT2D eigenvalue weighted by Gasteiger charge is 2.24. The minimum Gasteiger partial charge on any atom is -0.496 e. The Morgan fingerprint density at radius 1 is 1.11 bits per heavy atom. The van der Waals surface area contributed by atoms with E-state index in [4.69, 9.17) is 9.47 Å². The number of ether oxygens (including phenoxy) is 2. The molecular formula is C27H33N3O5. The van der Waals surface area contributed by atoms with Gasteiger partial charge in [0.1, 0.15) is 11.5 Å². The highest BCUT2D eigenvalue weighted by molar-refractivity contribution is 5.94. The molecule has 35 heavy (non-hydrogen) atoms. The second-order valence-corrected chi connectivity index (χ2v) is 9.03. The lowest BCUT2D eigenvalue weighted by Crippen LogP contribution is -2.47. The molecule has 8 nitrogen and oxygen atoms in total. The number of amides is 3. The number of piperidine rings is 1. The fourth-order valence-corrected chi connectivity index (χ4v) is 4.57. The lowest BCUT2D eigenvalue weighted by Gasteiger charge is -2.32. The summed E-state index contributed by atoms with van der Waals surface area (Å²) in [7, 11) is 1.61. The van der Waals surface area contributed by atoms with Gasteiger partial charge in [0.25, 0.3) is 0 Å². The van der Waals surface area contributed by atoms with E-state index in [1.165, 1.54) is 0 Å². The Morgan fingerprint density at radius 3 is 2.71 bits per heavy atom. The molecule has 0 aromatic heterocycles. The summed E-state index contributed by atoms with van der Waals surface area (Å²) >= 11 is 0. The molecule has 8 heteroatoms. The van der Waals surface area contributed by atoms with Gasteiger partial charge in [-0.1, -0.05) is 18.2 Å². The van der Waals surface area contributed by atoms with Gasteiger partial charge >= 0.3 is 0 Å². The van der Waals surface area contributed by atoms with E-state index in [1.54, 1.807) is 7.11 Å². The molecule has 2 aromatic carbocycles. The first-order chi connectivity index (χ1) is 17.0. The van der Waals surface area contributed by atoms with E-state index >= 15 is 0 Å². The Balaban J connectivity index is 1.13. The predicted molar refractivity (Wildman–Crippen MR) is 133 cm³/mol. The van der Waals surface area contributed by atoms with Crippen molar-refractivity contribution in [1.82, 2.24) is 10.2 Å². The van der Waals surface area contributed by atoms with Crippen LogP contribution in [0.2, 0.25) is 0 Å². The predicted octanol–water partition coefficient (Wildman–Crippen LogP) is 3.09. The molecule has 2 aliphatic heterocycles. The van der Waals surface area contributed by atoms with E-state index in [2.05, 4.69) is 10.6 Å². The number of nitrogens with zero attached hydrogens (tertiary/aromatic N) is 1. The summed E-state index contributed by atoms with van der Waals surface area (Å²) in [6.45, 7) is 1.73. The molecular weight excluding hydrogens is 446 g/mol. The number of para-hydroxylation sites is 1. The normalized spacial score (nSPS) is 15.7. The fourth-order valence-electron chi connectivity index (χ4n) is 4.57. The SMILES string of the molecule is COc1ccccc1CC(=O)N1CCC(NC(=O)CCCOc2ccc3c(c2)CCC(=O)N3)CC1. The van der Waals surface area contributed by atoms with Gasteiger partial charge in [-0.3, -0.25) is 14.4 Å². The minimum absolute atomic E-state index is 0.0144. The summed E-state index contributed by atoms with van der Waals surface area (Å²) < 4.78 is 11.1. The second-order valence-electron chi connectivity index (χ2n) is 9.03. The maximum Gasteiger partial charge on any atom is 0.227 e. The van der Waals surface area contributed by atoms with Crippen molar-refractivity contribution < 1.29 is 23.9 Å². The lowest BCUT2D eigenvalue weighted by atomic mass is 10.0. The Morgan fingerprint density at radius 2 is 1.91 bits per heavy atom. The van der Waals surface area contributed by atoms with E-state index in [9.17, 15) is 14.4 Å². The Labute approximate surface area is 206 Å². The maximum absolute atomic E-state index is 12.7. The summed E-state index contributed by atoms with van der Waals surface area (Å²) in [6.07, 6.45) is 4.05. The number of benzene rings is 2. The molecule has 2 aliphatic rings. The van der Waals surface area contributed by atoms with Crippen LogP contribution in [0.5, 0.6) is 11.5 Å². The number of hydrogen-bond acceptors (Lipinski definition) is 5. The molecule has 1 fully saturated rings. The van der Waals surface area contributed by atoms with Crippen LogP contribution in [0.4, 0.5) is 5.69 Å². The first kappa shape index (κ1) is 24.6. The van der Waals surface area contributed by atoms with Gasteiger partial charge < -0.3 is 25.0 Å². The van der Waals surface area contributed by atoms with Crippen molar-refractivity contribution in [2.24, 2.45) is 0 Å². The van der Waals surface area contributed by atoms with Crippen LogP contribution in [0.3, 0.4) is 0 Å². The van der Waals surface area contributed by atoms with Crippen molar-refractivity contribution in [2.75, 3.05) is 32.1 Å². The zero-order chi connectivity index (χ0) is 24.6. The summed E-state index contributed by atoms with van der Waals surface area (Å²) in [4.78, 5) is 38.4. The van der Waals surface area contributed by atoms with Crippen molar-refractivity contribution >= 4 is 23.4 Å². The fraction of sp³-hybridized carbons (Fsp3) is 0.444. The van der Waals surface area contributed by atoms with Crippen LogP contribution < -0.4 is 20.1 Å². The Kier molecular flexibility index (Phi) is 8.23. The monoisotopic (exact) mass is 479 g/mol. The quantitative estimate of drug-likeness (QED) is 0.539. The Bertz CT molecular complexity index is 1060. The Hall–Kier alpha value is -3.55. The van der Waals surface area contributed by atoms with E-state index in [1.807, 2.05) is 47.4 Å². The summed E-state index contributed by atoms with van der Waals surface area (Å²) in [5.41, 5.74) is 2.81. The number of nitrogens with one attached hydrogen (secondary N) is 2. The van der Waals surface area contributed by atoms with Crippen LogP contribution >= 0.6 is 0 Å². The van der Waals surface area contributed by atoms with E-state index in [-0.39, 0.29) is 23.8 Å². The molecule has 2 aromatic rings. The van der Waals surface area contributed by atoms with Crippen molar-refractivity contribution in [3.8, 4) is 11.5 Å². The summed E-state index contributed by atoms with van der Waals surface area (Å²) in [5, 5.41) is 5.96. The van der Waals surface area contributed by atoms with Gasteiger partial charge in [-0.15, -0.1) is 0 Å². The van der Waals surface area contributed by atoms with Gasteiger partial charge in [0.05, 0.1) is 20.1 Å². The molecule has 2 heterocycles. The van der Waals surface area contributed by atoms with Gasteiger partial charge in [0.15, 0.2) is 0 Å². The molecule has 0 saturated carbocycles. The third-order valence-corrected chi connectivity index (χ3v) is 6.54. The molecule has 0 unspecified atom stereocenters. The number of aryl methyl sites for hydroxylation is 1. The topological polar surface area (TPSA) is 97.0 Å². The summed E-state index contributed by atoms with van der Waals surface area (Å²) in [5.74, 6) is 1.63. The van der Waals surface area contributed by atoms with Crippen molar-refractivity contribution in [3.63, 3.8) is 0 Å². The van der Waals surface area contributed by atoms with E-state index in [0.717, 1.165) is 41.2 Å². The van der Waals surface area contributed by atoms with Crippen LogP contribution in [-0.4, -0.2) is 55.5 Å². The number of hydrogen-bond donors (Lipinski definition) is 2. The zero-order valence-electron chi connectivity index (χ0n) is 20.2. The number of fused-ring (bicyclic) bond motifs is 1.